The minimum absolute atomic E-state index is 0.00339. The predicted molar refractivity (Wildman–Crippen MR) is 81.8 cm³/mol. The lowest BCUT2D eigenvalue weighted by atomic mass is 10.9. The van der Waals surface area contributed by atoms with Crippen molar-refractivity contribution in [2.45, 2.75) is 76.4 Å². The van der Waals surface area contributed by atoms with E-state index in [9.17, 15) is 0 Å². The molecule has 0 bridgehead atoms. The molecule has 0 amide bonds. The van der Waals surface area contributed by atoms with Crippen LogP contribution in [0.1, 0.15) is 20.8 Å². The van der Waals surface area contributed by atoms with Gasteiger partial charge in [-0.3, -0.25) is 0 Å². The molecule has 0 spiro atoms. The van der Waals surface area contributed by atoms with E-state index in [2.05, 4.69) is 47.0 Å². The zero-order valence-electron chi connectivity index (χ0n) is 12.0. The minimum Gasteiger partial charge on any atom is -0.0715 e. The highest BCUT2D eigenvalue weighted by molar-refractivity contribution is 6.99. The molecule has 0 saturated heterocycles. The Bertz CT molecular complexity index is 163. The van der Waals surface area contributed by atoms with Crippen molar-refractivity contribution in [2.75, 3.05) is 0 Å². The standard InChI is InChI=1S/C12H31Si3/c1-8-15(9-2,10-3)12-14(6,7)11-13(4)5/h8-12H2,1-7H3. The van der Waals surface area contributed by atoms with E-state index in [-0.39, 0.29) is 8.80 Å². The van der Waals surface area contributed by atoms with E-state index in [1.165, 1.54) is 18.1 Å². The van der Waals surface area contributed by atoms with E-state index < -0.39 is 16.1 Å². The molecule has 1 radical (unpaired) electrons. The third-order valence-corrected chi connectivity index (χ3v) is 21.9. The van der Waals surface area contributed by atoms with Crippen molar-refractivity contribution in [1.82, 2.24) is 0 Å². The highest BCUT2D eigenvalue weighted by Crippen LogP contribution is 2.32. The van der Waals surface area contributed by atoms with Crippen molar-refractivity contribution in [3.8, 4) is 0 Å². The van der Waals surface area contributed by atoms with Crippen molar-refractivity contribution in [3.63, 3.8) is 0 Å². The molecule has 0 saturated carbocycles. The first-order valence-corrected chi connectivity index (χ1v) is 15.5. The largest absolute Gasteiger partial charge is 0.0715 e. The Morgan fingerprint density at radius 1 is 0.867 bits per heavy atom. The van der Waals surface area contributed by atoms with Crippen LogP contribution in [0.3, 0.4) is 0 Å². The summed E-state index contributed by atoms with van der Waals surface area (Å²) in [6.07, 6.45) is 0. The molecule has 91 valence electrons. The van der Waals surface area contributed by atoms with Gasteiger partial charge in [0.15, 0.2) is 0 Å². The second-order valence-corrected chi connectivity index (χ2v) is 21.0. The Balaban J connectivity index is 4.51. The minimum atomic E-state index is -0.858. The summed E-state index contributed by atoms with van der Waals surface area (Å²) in [6, 6.07) is 4.56. The van der Waals surface area contributed by atoms with Gasteiger partial charge in [0.25, 0.3) is 0 Å². The molecule has 0 unspecified atom stereocenters. The lowest BCUT2D eigenvalue weighted by Gasteiger charge is -2.36. The second-order valence-electron chi connectivity index (χ2n) is 6.29. The smallest absolute Gasteiger partial charge is 0.0501 e. The lowest BCUT2D eigenvalue weighted by Crippen LogP contribution is -2.44. The number of hydrogen-bond acceptors (Lipinski definition) is 0. The molecule has 3 heteroatoms. The van der Waals surface area contributed by atoms with Gasteiger partial charge >= 0.3 is 0 Å². The Labute approximate surface area is 101 Å². The third-order valence-electron chi connectivity index (χ3n) is 3.94. The van der Waals surface area contributed by atoms with Crippen LogP contribution in [0.2, 0.25) is 55.7 Å². The molecule has 0 N–H and O–H groups in total. The first kappa shape index (κ1) is 15.7. The molecule has 0 heterocycles. The summed E-state index contributed by atoms with van der Waals surface area (Å²) >= 11 is 0. The van der Waals surface area contributed by atoms with Gasteiger partial charge < -0.3 is 0 Å². The Hall–Kier alpha value is 0.651. The fourth-order valence-electron chi connectivity index (χ4n) is 3.16. The summed E-state index contributed by atoms with van der Waals surface area (Å²) in [5.74, 6) is 0. The summed E-state index contributed by atoms with van der Waals surface area (Å²) in [5.41, 5.74) is 3.33. The van der Waals surface area contributed by atoms with Gasteiger partial charge in [-0.25, -0.2) is 0 Å². The van der Waals surface area contributed by atoms with Gasteiger partial charge in [0.1, 0.15) is 0 Å². The van der Waals surface area contributed by atoms with Crippen molar-refractivity contribution in [1.29, 1.82) is 0 Å². The summed E-state index contributed by atoms with van der Waals surface area (Å²) in [4.78, 5) is 0. The zero-order chi connectivity index (χ0) is 12.1. The Morgan fingerprint density at radius 2 is 1.27 bits per heavy atom. The first-order chi connectivity index (χ1) is 6.81. The van der Waals surface area contributed by atoms with Gasteiger partial charge in [0, 0.05) is 16.9 Å². The van der Waals surface area contributed by atoms with Gasteiger partial charge in [-0.1, -0.05) is 76.4 Å². The number of rotatable bonds is 7. The molecule has 0 atom stereocenters. The first-order valence-electron chi connectivity index (χ1n) is 6.60. The maximum absolute atomic E-state index is 2.65. The maximum atomic E-state index is 2.65. The molecule has 0 nitrogen and oxygen atoms in total. The normalized spacial score (nSPS) is 13.6. The van der Waals surface area contributed by atoms with Crippen LogP contribution in [0.25, 0.3) is 0 Å². The fourth-order valence-corrected chi connectivity index (χ4v) is 25.1. The maximum Gasteiger partial charge on any atom is 0.0501 e. The van der Waals surface area contributed by atoms with Crippen LogP contribution < -0.4 is 0 Å². The van der Waals surface area contributed by atoms with Gasteiger partial charge in [-0.15, -0.1) is 0 Å². The van der Waals surface area contributed by atoms with Crippen molar-refractivity contribution in [3.05, 3.63) is 0 Å². The highest BCUT2D eigenvalue weighted by atomic mass is 28.4. The predicted octanol–water partition coefficient (Wildman–Crippen LogP) is 5.04. The molecule has 0 aromatic carbocycles. The van der Waals surface area contributed by atoms with E-state index in [0.29, 0.717) is 0 Å². The SMILES string of the molecule is CC[Si](CC)(CC)C[Si](C)(C)C[Si](C)C. The molecule has 0 aliphatic carbocycles. The van der Waals surface area contributed by atoms with Crippen LogP contribution in [0.15, 0.2) is 0 Å². The van der Waals surface area contributed by atoms with Gasteiger partial charge in [-0.05, 0) is 0 Å². The Morgan fingerprint density at radius 3 is 1.53 bits per heavy atom. The molecule has 0 aromatic heterocycles. The summed E-state index contributed by atoms with van der Waals surface area (Å²) in [6.45, 7) is 17.6. The fraction of sp³-hybridized carbons (Fsp3) is 1.00. The molecule has 0 aliphatic rings. The van der Waals surface area contributed by atoms with Gasteiger partial charge in [0.05, 0.1) is 8.07 Å². The van der Waals surface area contributed by atoms with Crippen molar-refractivity contribution < 1.29 is 0 Å². The van der Waals surface area contributed by atoms with E-state index >= 15 is 0 Å². The molecule has 0 rings (SSSR count). The van der Waals surface area contributed by atoms with E-state index in [1.807, 2.05) is 0 Å². The third kappa shape index (κ3) is 5.50. The van der Waals surface area contributed by atoms with Crippen LogP contribution >= 0.6 is 0 Å². The molecular weight excluding hydrogens is 228 g/mol. The zero-order valence-corrected chi connectivity index (χ0v) is 15.0. The monoisotopic (exact) mass is 259 g/mol. The van der Waals surface area contributed by atoms with Crippen LogP contribution in [0, 0.1) is 0 Å². The summed E-state index contributed by atoms with van der Waals surface area (Å²) in [5, 5.41) is 0. The average molecular weight is 260 g/mol. The lowest BCUT2D eigenvalue weighted by molar-refractivity contribution is 1.15. The quantitative estimate of drug-likeness (QED) is 0.562. The molecule has 0 aliphatic heterocycles. The molecular formula is C12H31Si3. The summed E-state index contributed by atoms with van der Waals surface area (Å²) in [7, 11) is -1.70. The van der Waals surface area contributed by atoms with Gasteiger partial charge in [-0.2, -0.15) is 0 Å². The Kier molecular flexibility index (Phi) is 6.68. The highest BCUT2D eigenvalue weighted by Gasteiger charge is 2.35. The molecule has 0 fully saturated rings. The summed E-state index contributed by atoms with van der Waals surface area (Å²) < 4.78 is 0. The van der Waals surface area contributed by atoms with Crippen LogP contribution in [-0.4, -0.2) is 24.9 Å². The van der Waals surface area contributed by atoms with Gasteiger partial charge in [0.2, 0.25) is 0 Å². The van der Waals surface area contributed by atoms with Crippen LogP contribution in [0.5, 0.6) is 0 Å². The van der Waals surface area contributed by atoms with E-state index in [1.54, 1.807) is 11.3 Å². The number of hydrogen-bond donors (Lipinski definition) is 0. The second kappa shape index (κ2) is 6.40. The van der Waals surface area contributed by atoms with Crippen LogP contribution in [0.4, 0.5) is 0 Å². The topological polar surface area (TPSA) is 0 Å². The average Bonchev–Trinajstić information content (AvgIpc) is 2.12. The molecule has 15 heavy (non-hydrogen) atoms. The van der Waals surface area contributed by atoms with Crippen LogP contribution in [-0.2, 0) is 0 Å². The van der Waals surface area contributed by atoms with E-state index in [0.717, 1.165) is 0 Å². The van der Waals surface area contributed by atoms with E-state index in [4.69, 9.17) is 0 Å². The van der Waals surface area contributed by atoms with Crippen molar-refractivity contribution >= 4 is 24.9 Å². The molecule has 0 aromatic rings. The van der Waals surface area contributed by atoms with Crippen molar-refractivity contribution in [2.24, 2.45) is 0 Å².